The number of rotatable bonds is 7. The Morgan fingerprint density at radius 2 is 1.67 bits per heavy atom. The van der Waals surface area contributed by atoms with Gasteiger partial charge in [0, 0.05) is 23.4 Å². The maximum atomic E-state index is 5.94. The molecule has 6 rings (SSSR count). The number of allylic oxidation sites excluding steroid dienone is 1. The minimum Gasteiger partial charge on any atom is -0.493 e. The second kappa shape index (κ2) is 9.45. The molecule has 0 fully saturated rings. The van der Waals surface area contributed by atoms with Crippen molar-refractivity contribution in [1.29, 1.82) is 0 Å². The zero-order valence-corrected chi connectivity index (χ0v) is 21.3. The van der Waals surface area contributed by atoms with Gasteiger partial charge in [0.25, 0.3) is 0 Å². The van der Waals surface area contributed by atoms with Gasteiger partial charge >= 0.3 is 0 Å². The summed E-state index contributed by atoms with van der Waals surface area (Å²) in [6.07, 6.45) is 5.33. The number of unbranched alkanes of at least 4 members (excludes halogenated alkanes) is 1. The third-order valence-corrected chi connectivity index (χ3v) is 7.83. The van der Waals surface area contributed by atoms with E-state index in [0.717, 1.165) is 61.6 Å². The van der Waals surface area contributed by atoms with Gasteiger partial charge < -0.3 is 23.8 Å². The molecule has 3 aliphatic rings. The molecule has 3 aliphatic heterocycles. The van der Waals surface area contributed by atoms with E-state index in [-0.39, 0.29) is 6.04 Å². The molecule has 5 nitrogen and oxygen atoms in total. The lowest BCUT2D eigenvalue weighted by Gasteiger charge is -2.44. The molecule has 36 heavy (non-hydrogen) atoms. The molecule has 0 unspecified atom stereocenters. The van der Waals surface area contributed by atoms with Crippen LogP contribution in [0.4, 0.5) is 0 Å². The summed E-state index contributed by atoms with van der Waals surface area (Å²) in [4.78, 5) is 2.56. The topological polar surface area (TPSA) is 40.2 Å². The molecule has 0 bridgehead atoms. The van der Waals surface area contributed by atoms with Gasteiger partial charge in [-0.15, -0.1) is 0 Å². The highest BCUT2D eigenvalue weighted by atomic mass is 16.7. The maximum Gasteiger partial charge on any atom is 0.231 e. The predicted octanol–water partition coefficient (Wildman–Crippen LogP) is 6.65. The van der Waals surface area contributed by atoms with Crippen LogP contribution in [0.3, 0.4) is 0 Å². The molecule has 3 aromatic rings. The molecule has 0 amide bonds. The number of nitrogens with zero attached hydrogens (tertiary/aromatic N) is 1. The van der Waals surface area contributed by atoms with Gasteiger partial charge in [-0.3, -0.25) is 0 Å². The predicted molar refractivity (Wildman–Crippen MR) is 142 cm³/mol. The summed E-state index contributed by atoms with van der Waals surface area (Å²) in [5.41, 5.74) is 9.23. The zero-order chi connectivity index (χ0) is 24.6. The van der Waals surface area contributed by atoms with Gasteiger partial charge in [0.1, 0.15) is 0 Å². The zero-order valence-electron chi connectivity index (χ0n) is 21.3. The van der Waals surface area contributed by atoms with E-state index in [0.29, 0.717) is 6.79 Å². The number of hydrogen-bond acceptors (Lipinski definition) is 5. The number of aryl methyl sites for hydroxylation is 1. The summed E-state index contributed by atoms with van der Waals surface area (Å²) in [6, 6.07) is 19.6. The third kappa shape index (κ3) is 3.78. The Bertz CT molecular complexity index is 1310. The van der Waals surface area contributed by atoms with Gasteiger partial charge in [-0.2, -0.15) is 0 Å². The van der Waals surface area contributed by atoms with Crippen molar-refractivity contribution in [3.05, 3.63) is 82.4 Å². The molecule has 0 spiro atoms. The van der Waals surface area contributed by atoms with Gasteiger partial charge in [0.05, 0.1) is 20.3 Å². The fourth-order valence-electron chi connectivity index (χ4n) is 6.08. The molecule has 3 aromatic carbocycles. The SMILES string of the molecule is COc1ccc2c(c1OC)[C@@H](C)N1CCc3cc4c(cc3C1=C2CCCCc1ccccc1)OCO4. The van der Waals surface area contributed by atoms with E-state index in [1.54, 1.807) is 14.2 Å². The summed E-state index contributed by atoms with van der Waals surface area (Å²) in [5.74, 6) is 3.34. The van der Waals surface area contributed by atoms with Crippen molar-refractivity contribution in [3.8, 4) is 23.0 Å². The molecule has 0 aliphatic carbocycles. The van der Waals surface area contributed by atoms with Gasteiger partial charge in [0.2, 0.25) is 6.79 Å². The maximum absolute atomic E-state index is 5.94. The number of methoxy groups -OCH3 is 2. The van der Waals surface area contributed by atoms with Crippen LogP contribution in [0.5, 0.6) is 23.0 Å². The average molecular weight is 484 g/mol. The Hall–Kier alpha value is -3.60. The first-order valence-electron chi connectivity index (χ1n) is 12.9. The number of hydrogen-bond donors (Lipinski definition) is 0. The highest BCUT2D eigenvalue weighted by Crippen LogP contribution is 2.53. The van der Waals surface area contributed by atoms with Crippen molar-refractivity contribution in [3.63, 3.8) is 0 Å². The first-order chi connectivity index (χ1) is 17.7. The summed E-state index contributed by atoms with van der Waals surface area (Å²) >= 11 is 0. The van der Waals surface area contributed by atoms with Gasteiger partial charge in [0.15, 0.2) is 23.0 Å². The molecule has 0 saturated heterocycles. The Morgan fingerprint density at radius 1 is 0.889 bits per heavy atom. The lowest BCUT2D eigenvalue weighted by Crippen LogP contribution is -2.36. The average Bonchev–Trinajstić information content (AvgIpc) is 3.38. The van der Waals surface area contributed by atoms with Crippen LogP contribution < -0.4 is 18.9 Å². The Balaban J connectivity index is 1.45. The van der Waals surface area contributed by atoms with Crippen LogP contribution in [0.2, 0.25) is 0 Å². The van der Waals surface area contributed by atoms with Crippen LogP contribution in [-0.2, 0) is 12.8 Å². The standard InChI is InChI=1S/C31H33NO4/c1-20-29-23(13-14-26(33-2)31(29)34-3)24(12-8-7-11-21-9-5-4-6-10-21)30-25-18-28-27(35-19-36-28)17-22(25)15-16-32(20)30/h4-6,9-10,13-14,17-18,20H,7-8,11-12,15-16,19H2,1-3H3/t20-/m1/s1. The van der Waals surface area contributed by atoms with E-state index >= 15 is 0 Å². The van der Waals surface area contributed by atoms with Crippen molar-refractivity contribution in [1.82, 2.24) is 4.90 Å². The van der Waals surface area contributed by atoms with Gasteiger partial charge in [-0.05, 0) is 79.5 Å². The molecule has 3 heterocycles. The molecule has 186 valence electrons. The second-order valence-electron chi connectivity index (χ2n) is 9.76. The summed E-state index contributed by atoms with van der Waals surface area (Å²) in [7, 11) is 3.46. The fourth-order valence-corrected chi connectivity index (χ4v) is 6.08. The monoisotopic (exact) mass is 483 g/mol. The van der Waals surface area contributed by atoms with Crippen LogP contribution in [-0.4, -0.2) is 32.5 Å². The molecule has 5 heteroatoms. The van der Waals surface area contributed by atoms with Gasteiger partial charge in [-0.25, -0.2) is 0 Å². The van der Waals surface area contributed by atoms with E-state index in [1.165, 1.54) is 39.1 Å². The smallest absolute Gasteiger partial charge is 0.231 e. The lowest BCUT2D eigenvalue weighted by molar-refractivity contribution is 0.174. The largest absolute Gasteiger partial charge is 0.493 e. The van der Waals surface area contributed by atoms with Crippen molar-refractivity contribution in [2.24, 2.45) is 0 Å². The van der Waals surface area contributed by atoms with Crippen molar-refractivity contribution >= 4 is 11.3 Å². The Kier molecular flexibility index (Phi) is 6.00. The molecule has 0 radical (unpaired) electrons. The van der Waals surface area contributed by atoms with Crippen molar-refractivity contribution < 1.29 is 18.9 Å². The quantitative estimate of drug-likeness (QED) is 0.352. The van der Waals surface area contributed by atoms with E-state index in [9.17, 15) is 0 Å². The van der Waals surface area contributed by atoms with Crippen LogP contribution in [0.1, 0.15) is 60.0 Å². The Labute approximate surface area is 213 Å². The van der Waals surface area contributed by atoms with Crippen molar-refractivity contribution in [2.75, 3.05) is 27.6 Å². The third-order valence-electron chi connectivity index (χ3n) is 7.83. The molecule has 0 saturated carbocycles. The summed E-state index contributed by atoms with van der Waals surface area (Å²) in [6.45, 7) is 3.53. The summed E-state index contributed by atoms with van der Waals surface area (Å²) in [5, 5.41) is 0. The van der Waals surface area contributed by atoms with Crippen LogP contribution in [0, 0.1) is 0 Å². The molecular formula is C31H33NO4. The van der Waals surface area contributed by atoms with E-state index in [4.69, 9.17) is 18.9 Å². The molecule has 0 N–H and O–H groups in total. The first kappa shape index (κ1) is 22.8. The fraction of sp³-hybridized carbons (Fsp3) is 0.355. The summed E-state index contributed by atoms with van der Waals surface area (Å²) < 4.78 is 23.1. The normalized spacial score (nSPS) is 17.4. The minimum absolute atomic E-state index is 0.173. The molecule has 0 aromatic heterocycles. The number of ether oxygens (including phenoxy) is 4. The second-order valence-corrected chi connectivity index (χ2v) is 9.76. The van der Waals surface area contributed by atoms with Crippen LogP contribution >= 0.6 is 0 Å². The van der Waals surface area contributed by atoms with Crippen LogP contribution in [0.15, 0.2) is 54.6 Å². The van der Waals surface area contributed by atoms with E-state index < -0.39 is 0 Å². The number of fused-ring (bicyclic) bond motifs is 5. The van der Waals surface area contributed by atoms with E-state index in [2.05, 4.69) is 60.4 Å². The van der Waals surface area contributed by atoms with E-state index in [1.807, 2.05) is 6.07 Å². The van der Waals surface area contributed by atoms with Gasteiger partial charge in [-0.1, -0.05) is 36.4 Å². The lowest BCUT2D eigenvalue weighted by atomic mass is 9.80. The highest BCUT2D eigenvalue weighted by molar-refractivity contribution is 5.95. The highest BCUT2D eigenvalue weighted by Gasteiger charge is 2.37. The van der Waals surface area contributed by atoms with Crippen molar-refractivity contribution in [2.45, 2.75) is 45.1 Å². The number of benzene rings is 3. The Morgan fingerprint density at radius 3 is 2.44 bits per heavy atom. The minimum atomic E-state index is 0.173. The van der Waals surface area contributed by atoms with Crippen LogP contribution in [0.25, 0.3) is 11.3 Å². The molecule has 1 atom stereocenters. The first-order valence-corrected chi connectivity index (χ1v) is 12.9. The molecular weight excluding hydrogens is 450 g/mol.